The van der Waals surface area contributed by atoms with Gasteiger partial charge in [0, 0.05) is 7.11 Å². The van der Waals surface area contributed by atoms with Gasteiger partial charge in [0.05, 0.1) is 12.5 Å². The van der Waals surface area contributed by atoms with Gasteiger partial charge >= 0.3 is 0 Å². The molecule has 1 N–H and O–H groups in total. The average Bonchev–Trinajstić information content (AvgIpc) is 2.88. The number of carbonyl (C=O) groups excluding carboxylic acids is 1. The van der Waals surface area contributed by atoms with Crippen molar-refractivity contribution in [3.63, 3.8) is 0 Å². The van der Waals surface area contributed by atoms with Crippen LogP contribution >= 0.6 is 0 Å². The monoisotopic (exact) mass is 291 g/mol. The maximum Gasteiger partial charge on any atom is 0.225 e. The first kappa shape index (κ1) is 13.3. The summed E-state index contributed by atoms with van der Waals surface area (Å²) in [5, 5.41) is 3.13. The Kier molecular flexibility index (Phi) is 3.09. The van der Waals surface area contributed by atoms with E-state index in [-0.39, 0.29) is 18.1 Å². The third-order valence-corrected chi connectivity index (χ3v) is 4.52. The summed E-state index contributed by atoms with van der Waals surface area (Å²) < 4.78 is 5.78. The van der Waals surface area contributed by atoms with Gasteiger partial charge in [-0.3, -0.25) is 4.79 Å². The van der Waals surface area contributed by atoms with Crippen LogP contribution in [-0.4, -0.2) is 13.0 Å². The van der Waals surface area contributed by atoms with E-state index in [1.807, 2.05) is 30.3 Å². The molecule has 1 heterocycles. The maximum atomic E-state index is 12.2. The number of ether oxygens (including phenoxy) is 1. The van der Waals surface area contributed by atoms with Crippen molar-refractivity contribution in [1.82, 2.24) is 5.32 Å². The molecule has 3 nitrogen and oxygen atoms in total. The van der Waals surface area contributed by atoms with Crippen LogP contribution in [0.5, 0.6) is 0 Å². The minimum atomic E-state index is -0.116. The molecular formula is C19H17NO2. The van der Waals surface area contributed by atoms with Crippen LogP contribution in [0.15, 0.2) is 60.2 Å². The minimum Gasteiger partial charge on any atom is -0.372 e. The molecule has 2 aromatic carbocycles. The van der Waals surface area contributed by atoms with Crippen molar-refractivity contribution < 1.29 is 9.53 Å². The highest BCUT2D eigenvalue weighted by Gasteiger charge is 2.40. The number of nitrogens with one attached hydrogen (secondary N) is 1. The molecule has 2 aromatic rings. The van der Waals surface area contributed by atoms with Gasteiger partial charge < -0.3 is 10.1 Å². The second-order valence-corrected chi connectivity index (χ2v) is 5.72. The summed E-state index contributed by atoms with van der Waals surface area (Å²) in [6.07, 6.45) is 0.340. The summed E-state index contributed by atoms with van der Waals surface area (Å²) in [5.74, 6) is 0.0687. The molecule has 0 spiro atoms. The number of fused-ring (bicyclic) bond motifs is 2. The van der Waals surface area contributed by atoms with Crippen LogP contribution in [0.25, 0.3) is 5.57 Å². The zero-order chi connectivity index (χ0) is 15.1. The Hall–Kier alpha value is -2.39. The molecule has 0 radical (unpaired) electrons. The summed E-state index contributed by atoms with van der Waals surface area (Å²) in [6, 6.07) is 18.2. The van der Waals surface area contributed by atoms with E-state index in [9.17, 15) is 4.79 Å². The minimum absolute atomic E-state index is 0.0687. The fourth-order valence-corrected chi connectivity index (χ4v) is 3.62. The number of rotatable bonds is 2. The predicted octanol–water partition coefficient (Wildman–Crippen LogP) is 3.40. The lowest BCUT2D eigenvalue weighted by molar-refractivity contribution is -0.121. The smallest absolute Gasteiger partial charge is 0.225 e. The molecule has 4 rings (SSSR count). The molecule has 0 bridgehead atoms. The van der Waals surface area contributed by atoms with Gasteiger partial charge in [-0.15, -0.1) is 0 Å². The topological polar surface area (TPSA) is 38.3 Å². The summed E-state index contributed by atoms with van der Waals surface area (Å²) in [4.78, 5) is 12.2. The summed E-state index contributed by atoms with van der Waals surface area (Å²) in [6.45, 7) is 0. The van der Waals surface area contributed by atoms with Crippen LogP contribution < -0.4 is 5.32 Å². The second-order valence-electron chi connectivity index (χ2n) is 5.72. The van der Waals surface area contributed by atoms with Crippen molar-refractivity contribution in [1.29, 1.82) is 0 Å². The molecule has 1 amide bonds. The lowest BCUT2D eigenvalue weighted by Crippen LogP contribution is -2.34. The van der Waals surface area contributed by atoms with E-state index < -0.39 is 0 Å². The third kappa shape index (κ3) is 1.90. The maximum absolute atomic E-state index is 12.2. The molecule has 0 unspecified atom stereocenters. The zero-order valence-corrected chi connectivity index (χ0v) is 12.4. The van der Waals surface area contributed by atoms with Crippen LogP contribution in [0, 0.1) is 0 Å². The lowest BCUT2D eigenvalue weighted by atomic mass is 9.89. The number of amides is 1. The molecule has 1 aliphatic carbocycles. The highest BCUT2D eigenvalue weighted by molar-refractivity contribution is 5.96. The van der Waals surface area contributed by atoms with Crippen molar-refractivity contribution in [3.8, 4) is 0 Å². The third-order valence-electron chi connectivity index (χ3n) is 4.52. The van der Waals surface area contributed by atoms with Gasteiger partial charge in [-0.25, -0.2) is 0 Å². The van der Waals surface area contributed by atoms with Gasteiger partial charge in [0.1, 0.15) is 6.10 Å². The van der Waals surface area contributed by atoms with Crippen molar-refractivity contribution in [3.05, 3.63) is 76.9 Å². The van der Waals surface area contributed by atoms with Gasteiger partial charge in [-0.1, -0.05) is 54.6 Å². The zero-order valence-electron chi connectivity index (χ0n) is 12.4. The molecule has 110 valence electrons. The first-order valence-electron chi connectivity index (χ1n) is 7.49. The molecule has 0 aromatic heterocycles. The van der Waals surface area contributed by atoms with Gasteiger partial charge in [-0.05, 0) is 27.8 Å². The molecule has 3 heteroatoms. The Morgan fingerprint density at radius 2 is 1.77 bits per heavy atom. The summed E-state index contributed by atoms with van der Waals surface area (Å²) >= 11 is 0. The fraction of sp³-hybridized carbons (Fsp3) is 0.211. The van der Waals surface area contributed by atoms with Crippen LogP contribution in [0.2, 0.25) is 0 Å². The van der Waals surface area contributed by atoms with E-state index in [1.54, 1.807) is 7.11 Å². The van der Waals surface area contributed by atoms with E-state index >= 15 is 0 Å². The summed E-state index contributed by atoms with van der Waals surface area (Å²) in [7, 11) is 1.73. The predicted molar refractivity (Wildman–Crippen MR) is 85.1 cm³/mol. The van der Waals surface area contributed by atoms with Crippen molar-refractivity contribution in [2.45, 2.75) is 18.6 Å². The first-order chi connectivity index (χ1) is 10.8. The lowest BCUT2D eigenvalue weighted by Gasteiger charge is -2.29. The van der Waals surface area contributed by atoms with E-state index in [2.05, 4.69) is 29.6 Å². The normalized spacial score (nSPS) is 23.0. The molecule has 2 atom stereocenters. The van der Waals surface area contributed by atoms with Gasteiger partial charge in [0.2, 0.25) is 5.91 Å². The van der Waals surface area contributed by atoms with Crippen LogP contribution in [0.1, 0.15) is 35.3 Å². The van der Waals surface area contributed by atoms with Crippen molar-refractivity contribution in [2.75, 3.05) is 7.11 Å². The fourth-order valence-electron chi connectivity index (χ4n) is 3.62. The number of benzene rings is 2. The Morgan fingerprint density at radius 3 is 2.55 bits per heavy atom. The van der Waals surface area contributed by atoms with Crippen molar-refractivity contribution in [2.24, 2.45) is 0 Å². The molecule has 0 saturated heterocycles. The van der Waals surface area contributed by atoms with E-state index in [0.29, 0.717) is 6.42 Å². The molecule has 1 aliphatic heterocycles. The quantitative estimate of drug-likeness (QED) is 0.921. The van der Waals surface area contributed by atoms with Crippen LogP contribution in [0.4, 0.5) is 0 Å². The molecule has 22 heavy (non-hydrogen) atoms. The number of methoxy groups -OCH3 is 1. The average molecular weight is 291 g/mol. The molecule has 2 aliphatic rings. The van der Waals surface area contributed by atoms with E-state index in [4.69, 9.17) is 4.74 Å². The number of hydrogen-bond acceptors (Lipinski definition) is 2. The van der Waals surface area contributed by atoms with Crippen molar-refractivity contribution >= 4 is 11.5 Å². The standard InChI is InChI=1S/C19H17NO2/c1-22-19-14-10-6-5-9-13(14)15-11-16(21)20-18(17(15)19)12-7-3-2-4-8-12/h2-10,18-19H,11H2,1H3,(H,20,21)/t18-,19+/m1/s1. The molecule has 0 fully saturated rings. The van der Waals surface area contributed by atoms with Crippen LogP contribution in [0.3, 0.4) is 0 Å². The van der Waals surface area contributed by atoms with Gasteiger partial charge in [0.25, 0.3) is 0 Å². The second kappa shape index (κ2) is 5.11. The molecule has 0 saturated carbocycles. The van der Waals surface area contributed by atoms with Gasteiger partial charge in [0.15, 0.2) is 0 Å². The highest BCUT2D eigenvalue weighted by Crippen LogP contribution is 2.50. The Balaban J connectivity index is 1.90. The van der Waals surface area contributed by atoms with Gasteiger partial charge in [-0.2, -0.15) is 0 Å². The number of carbonyl (C=O) groups is 1. The van der Waals surface area contributed by atoms with Crippen LogP contribution in [-0.2, 0) is 9.53 Å². The highest BCUT2D eigenvalue weighted by atomic mass is 16.5. The largest absolute Gasteiger partial charge is 0.372 e. The van der Waals surface area contributed by atoms with E-state index in [0.717, 1.165) is 22.3 Å². The Morgan fingerprint density at radius 1 is 1.05 bits per heavy atom. The first-order valence-corrected chi connectivity index (χ1v) is 7.49. The van der Waals surface area contributed by atoms with E-state index in [1.165, 1.54) is 5.57 Å². The Labute approximate surface area is 129 Å². The summed E-state index contributed by atoms with van der Waals surface area (Å²) in [5.41, 5.74) is 5.71. The SMILES string of the molecule is CO[C@@H]1C2=C(CC(=O)N[C@@H]2c2ccccc2)c2ccccc21. The Bertz CT molecular complexity index is 764. The number of hydrogen-bond donors (Lipinski definition) is 1. The molecular weight excluding hydrogens is 274 g/mol.